The number of hydrogen-bond acceptors (Lipinski definition) is 3. The molecule has 0 aromatic carbocycles. The Morgan fingerprint density at radius 2 is 2.50 bits per heavy atom. The lowest BCUT2D eigenvalue weighted by Crippen LogP contribution is -2.28. The number of nitrogens with zero attached hydrogens (tertiary/aromatic N) is 1. The predicted molar refractivity (Wildman–Crippen MR) is 48.4 cm³/mol. The number of carbonyl (C=O) groups excluding carboxylic acids is 1. The Kier molecular flexibility index (Phi) is 4.00. The van der Waals surface area contributed by atoms with Crippen molar-refractivity contribution < 1.29 is 13.9 Å². The van der Waals surface area contributed by atoms with Gasteiger partial charge in [0.15, 0.2) is 11.5 Å². The highest BCUT2D eigenvalue weighted by molar-refractivity contribution is 5.92. The van der Waals surface area contributed by atoms with Crippen LogP contribution in [0.15, 0.2) is 18.3 Å². The molecule has 1 amide bonds. The molecule has 0 unspecified atom stereocenters. The van der Waals surface area contributed by atoms with Crippen molar-refractivity contribution in [3.05, 3.63) is 29.8 Å². The second kappa shape index (κ2) is 5.29. The molecule has 0 radical (unpaired) electrons. The first kappa shape index (κ1) is 10.6. The lowest BCUT2D eigenvalue weighted by atomic mass is 10.3. The van der Waals surface area contributed by atoms with Gasteiger partial charge in [-0.2, -0.15) is 0 Å². The topological polar surface area (TPSA) is 51.2 Å². The van der Waals surface area contributed by atoms with Crippen molar-refractivity contribution in [3.8, 4) is 0 Å². The summed E-state index contributed by atoms with van der Waals surface area (Å²) < 4.78 is 17.7. The van der Waals surface area contributed by atoms with Gasteiger partial charge in [0.05, 0.1) is 6.61 Å². The van der Waals surface area contributed by atoms with Crippen molar-refractivity contribution in [2.45, 2.75) is 0 Å². The molecule has 1 aromatic heterocycles. The molecule has 1 aromatic rings. The Morgan fingerprint density at radius 1 is 1.71 bits per heavy atom. The predicted octanol–water partition coefficient (Wildman–Crippen LogP) is 0.597. The summed E-state index contributed by atoms with van der Waals surface area (Å²) in [4.78, 5) is 14.9. The van der Waals surface area contributed by atoms with Crippen LogP contribution in [0.2, 0.25) is 0 Å². The zero-order valence-corrected chi connectivity index (χ0v) is 7.79. The van der Waals surface area contributed by atoms with Gasteiger partial charge in [-0.15, -0.1) is 0 Å². The molecule has 14 heavy (non-hydrogen) atoms. The minimum Gasteiger partial charge on any atom is -0.383 e. The van der Waals surface area contributed by atoms with Crippen LogP contribution >= 0.6 is 0 Å². The van der Waals surface area contributed by atoms with Crippen molar-refractivity contribution in [1.82, 2.24) is 10.3 Å². The highest BCUT2D eigenvalue weighted by Crippen LogP contribution is 2.01. The minimum absolute atomic E-state index is 0.191. The van der Waals surface area contributed by atoms with E-state index in [9.17, 15) is 9.18 Å². The van der Waals surface area contributed by atoms with Gasteiger partial charge in [0.2, 0.25) is 0 Å². The Balaban J connectivity index is 2.56. The molecule has 0 aliphatic heterocycles. The summed E-state index contributed by atoms with van der Waals surface area (Å²) in [5.41, 5.74) is -0.191. The third-order valence-electron chi connectivity index (χ3n) is 1.57. The van der Waals surface area contributed by atoms with E-state index >= 15 is 0 Å². The van der Waals surface area contributed by atoms with E-state index in [0.29, 0.717) is 13.2 Å². The van der Waals surface area contributed by atoms with E-state index in [-0.39, 0.29) is 5.69 Å². The third kappa shape index (κ3) is 2.77. The van der Waals surface area contributed by atoms with Crippen LogP contribution in [0.25, 0.3) is 0 Å². The van der Waals surface area contributed by atoms with Crippen LogP contribution in [0.4, 0.5) is 4.39 Å². The molecule has 0 aliphatic rings. The summed E-state index contributed by atoms with van der Waals surface area (Å²) in [5, 5.41) is 2.47. The maximum atomic E-state index is 13.0. The lowest BCUT2D eigenvalue weighted by Gasteiger charge is -2.03. The van der Waals surface area contributed by atoms with Gasteiger partial charge < -0.3 is 10.1 Å². The number of carbonyl (C=O) groups is 1. The monoisotopic (exact) mass is 198 g/mol. The quantitative estimate of drug-likeness (QED) is 0.720. The van der Waals surface area contributed by atoms with Crippen molar-refractivity contribution in [2.75, 3.05) is 20.3 Å². The number of halogens is 1. The number of rotatable bonds is 4. The molecular weight excluding hydrogens is 187 g/mol. The number of pyridine rings is 1. The smallest absolute Gasteiger partial charge is 0.273 e. The fourth-order valence-electron chi connectivity index (χ4n) is 0.903. The van der Waals surface area contributed by atoms with E-state index in [4.69, 9.17) is 4.74 Å². The zero-order valence-electron chi connectivity index (χ0n) is 7.79. The summed E-state index contributed by atoms with van der Waals surface area (Å²) in [5.74, 6) is -1.15. The molecule has 1 N–H and O–H groups in total. The fraction of sp³-hybridized carbons (Fsp3) is 0.333. The minimum atomic E-state index is -0.623. The summed E-state index contributed by atoms with van der Waals surface area (Å²) in [7, 11) is 1.52. The first-order valence-corrected chi connectivity index (χ1v) is 4.13. The standard InChI is InChI=1S/C9H11FN2O2/c1-14-6-5-12-9(13)8-7(10)3-2-4-11-8/h2-4H,5-6H2,1H3,(H,12,13). The Labute approximate surface area is 81.1 Å². The van der Waals surface area contributed by atoms with Crippen molar-refractivity contribution in [1.29, 1.82) is 0 Å². The number of nitrogens with one attached hydrogen (secondary N) is 1. The van der Waals surface area contributed by atoms with Crippen LogP contribution in [0.1, 0.15) is 10.5 Å². The van der Waals surface area contributed by atoms with Crippen LogP contribution in [0.5, 0.6) is 0 Å². The SMILES string of the molecule is COCCNC(=O)c1ncccc1F. The third-order valence-corrected chi connectivity index (χ3v) is 1.57. The molecule has 0 aliphatic carbocycles. The van der Waals surface area contributed by atoms with E-state index in [1.807, 2.05) is 0 Å². The molecule has 0 saturated heterocycles. The molecule has 1 heterocycles. The highest BCUT2D eigenvalue weighted by Gasteiger charge is 2.11. The van der Waals surface area contributed by atoms with Crippen LogP contribution < -0.4 is 5.32 Å². The first-order chi connectivity index (χ1) is 6.75. The summed E-state index contributed by atoms with van der Waals surface area (Å²) in [6.07, 6.45) is 1.37. The molecule has 1 rings (SSSR count). The zero-order chi connectivity index (χ0) is 10.4. The van der Waals surface area contributed by atoms with E-state index in [2.05, 4.69) is 10.3 Å². The van der Waals surface area contributed by atoms with Crippen molar-refractivity contribution in [3.63, 3.8) is 0 Å². The Hall–Kier alpha value is -1.49. The number of hydrogen-bond donors (Lipinski definition) is 1. The fourth-order valence-corrected chi connectivity index (χ4v) is 0.903. The highest BCUT2D eigenvalue weighted by atomic mass is 19.1. The van der Waals surface area contributed by atoms with Gasteiger partial charge in [-0.05, 0) is 12.1 Å². The van der Waals surface area contributed by atoms with Gasteiger partial charge >= 0.3 is 0 Å². The summed E-state index contributed by atoms with van der Waals surface area (Å²) in [6, 6.07) is 2.62. The van der Waals surface area contributed by atoms with Crippen LogP contribution in [-0.4, -0.2) is 31.2 Å². The van der Waals surface area contributed by atoms with Gasteiger partial charge in [0, 0.05) is 19.9 Å². The second-order valence-corrected chi connectivity index (χ2v) is 2.58. The van der Waals surface area contributed by atoms with Gasteiger partial charge in [-0.3, -0.25) is 4.79 Å². The van der Waals surface area contributed by atoms with E-state index < -0.39 is 11.7 Å². The lowest BCUT2D eigenvalue weighted by molar-refractivity contribution is 0.0927. The van der Waals surface area contributed by atoms with Crippen LogP contribution in [0, 0.1) is 5.82 Å². The number of amides is 1. The van der Waals surface area contributed by atoms with E-state index in [0.717, 1.165) is 0 Å². The Morgan fingerprint density at radius 3 is 3.14 bits per heavy atom. The average molecular weight is 198 g/mol. The van der Waals surface area contributed by atoms with E-state index in [1.54, 1.807) is 0 Å². The number of methoxy groups -OCH3 is 1. The molecule has 0 bridgehead atoms. The molecular formula is C9H11FN2O2. The van der Waals surface area contributed by atoms with E-state index in [1.165, 1.54) is 25.4 Å². The molecule has 0 saturated carbocycles. The Bertz CT molecular complexity index is 317. The molecule has 0 atom stereocenters. The normalized spacial score (nSPS) is 9.86. The van der Waals surface area contributed by atoms with Gasteiger partial charge in [-0.25, -0.2) is 9.37 Å². The summed E-state index contributed by atoms with van der Waals surface area (Å²) in [6.45, 7) is 0.728. The van der Waals surface area contributed by atoms with Gasteiger partial charge in [-0.1, -0.05) is 0 Å². The van der Waals surface area contributed by atoms with Gasteiger partial charge in [0.25, 0.3) is 5.91 Å². The maximum Gasteiger partial charge on any atom is 0.273 e. The first-order valence-electron chi connectivity index (χ1n) is 4.13. The largest absolute Gasteiger partial charge is 0.383 e. The van der Waals surface area contributed by atoms with Gasteiger partial charge in [0.1, 0.15) is 0 Å². The van der Waals surface area contributed by atoms with Crippen molar-refractivity contribution >= 4 is 5.91 Å². The average Bonchev–Trinajstić information content (AvgIpc) is 2.18. The number of aromatic nitrogens is 1. The maximum absolute atomic E-state index is 13.0. The molecule has 0 fully saturated rings. The molecule has 76 valence electrons. The molecule has 4 nitrogen and oxygen atoms in total. The molecule has 0 spiro atoms. The summed E-state index contributed by atoms with van der Waals surface area (Å²) >= 11 is 0. The van der Waals surface area contributed by atoms with Crippen LogP contribution in [-0.2, 0) is 4.74 Å². The number of ether oxygens (including phenoxy) is 1. The van der Waals surface area contributed by atoms with Crippen molar-refractivity contribution in [2.24, 2.45) is 0 Å². The van der Waals surface area contributed by atoms with Crippen LogP contribution in [0.3, 0.4) is 0 Å². The molecule has 5 heteroatoms. The second-order valence-electron chi connectivity index (χ2n) is 2.58.